The van der Waals surface area contributed by atoms with E-state index in [0.29, 0.717) is 30.8 Å². The fourth-order valence-corrected chi connectivity index (χ4v) is 3.21. The molecule has 1 N–H and O–H groups in total. The van der Waals surface area contributed by atoms with E-state index in [4.69, 9.17) is 0 Å². The van der Waals surface area contributed by atoms with Gasteiger partial charge in [0, 0.05) is 19.6 Å². The molecular weight excluding hydrogens is 240 g/mol. The molecular formula is C15H28N2O2. The molecule has 0 aromatic heterocycles. The lowest BCUT2D eigenvalue weighted by molar-refractivity contribution is -0.135. The largest absolute Gasteiger partial charge is 0.392 e. The van der Waals surface area contributed by atoms with Gasteiger partial charge in [0.1, 0.15) is 0 Å². The molecule has 1 aliphatic carbocycles. The van der Waals surface area contributed by atoms with Crippen LogP contribution < -0.4 is 0 Å². The van der Waals surface area contributed by atoms with Gasteiger partial charge in [0.2, 0.25) is 5.91 Å². The number of carbonyl (C=O) groups is 1. The summed E-state index contributed by atoms with van der Waals surface area (Å²) in [5.74, 6) is 1.90. The van der Waals surface area contributed by atoms with Gasteiger partial charge in [-0.3, -0.25) is 9.69 Å². The molecule has 2 rings (SSSR count). The lowest BCUT2D eigenvalue weighted by Gasteiger charge is -2.36. The van der Waals surface area contributed by atoms with Crippen LogP contribution in [0.25, 0.3) is 0 Å². The van der Waals surface area contributed by atoms with Gasteiger partial charge in [-0.1, -0.05) is 13.8 Å². The summed E-state index contributed by atoms with van der Waals surface area (Å²) in [6.45, 7) is 7.27. The third kappa shape index (κ3) is 4.46. The SMILES string of the molecule is CC1CC(C)CN(C(=O)CN(C)CC(O)C2CC2)C1. The van der Waals surface area contributed by atoms with Crippen LogP contribution in [0.2, 0.25) is 0 Å². The van der Waals surface area contributed by atoms with Crippen molar-refractivity contribution < 1.29 is 9.90 Å². The Morgan fingerprint density at radius 1 is 1.32 bits per heavy atom. The first-order valence-corrected chi connectivity index (χ1v) is 7.60. The van der Waals surface area contributed by atoms with Gasteiger partial charge in [-0.2, -0.15) is 0 Å². The minimum Gasteiger partial charge on any atom is -0.392 e. The molecule has 19 heavy (non-hydrogen) atoms. The van der Waals surface area contributed by atoms with Gasteiger partial charge in [-0.15, -0.1) is 0 Å². The van der Waals surface area contributed by atoms with E-state index in [1.54, 1.807) is 0 Å². The van der Waals surface area contributed by atoms with Crippen LogP contribution in [0.5, 0.6) is 0 Å². The molecule has 3 unspecified atom stereocenters. The molecule has 4 nitrogen and oxygen atoms in total. The molecule has 0 aromatic carbocycles. The standard InChI is InChI=1S/C15H28N2O2/c1-11-6-12(2)8-17(7-11)15(19)10-16(3)9-14(18)13-4-5-13/h11-14,18H,4-10H2,1-3H3. The lowest BCUT2D eigenvalue weighted by atomic mass is 9.92. The molecule has 1 heterocycles. The van der Waals surface area contributed by atoms with Crippen LogP contribution in [-0.2, 0) is 4.79 Å². The van der Waals surface area contributed by atoms with Gasteiger partial charge in [0.25, 0.3) is 0 Å². The van der Waals surface area contributed by atoms with E-state index in [9.17, 15) is 9.90 Å². The van der Waals surface area contributed by atoms with E-state index in [0.717, 1.165) is 25.9 Å². The van der Waals surface area contributed by atoms with Crippen molar-refractivity contribution in [1.82, 2.24) is 9.80 Å². The first kappa shape index (κ1) is 14.8. The second kappa shape index (κ2) is 6.23. The van der Waals surface area contributed by atoms with Crippen molar-refractivity contribution in [2.45, 2.75) is 39.2 Å². The lowest BCUT2D eigenvalue weighted by Crippen LogP contribution is -2.47. The van der Waals surface area contributed by atoms with E-state index in [1.807, 2.05) is 16.8 Å². The predicted octanol–water partition coefficient (Wildman–Crippen LogP) is 1.19. The number of nitrogens with zero attached hydrogens (tertiary/aromatic N) is 2. The molecule has 110 valence electrons. The highest BCUT2D eigenvalue weighted by Gasteiger charge is 2.31. The molecule has 0 aromatic rings. The van der Waals surface area contributed by atoms with Gasteiger partial charge < -0.3 is 10.0 Å². The van der Waals surface area contributed by atoms with E-state index in [1.165, 1.54) is 6.42 Å². The summed E-state index contributed by atoms with van der Waals surface area (Å²) in [6.07, 6.45) is 3.26. The number of piperidine rings is 1. The van der Waals surface area contributed by atoms with Crippen molar-refractivity contribution in [3.63, 3.8) is 0 Å². The van der Waals surface area contributed by atoms with Crippen molar-refractivity contribution in [3.05, 3.63) is 0 Å². The quantitative estimate of drug-likeness (QED) is 0.814. The Morgan fingerprint density at radius 2 is 1.89 bits per heavy atom. The van der Waals surface area contributed by atoms with E-state index >= 15 is 0 Å². The van der Waals surface area contributed by atoms with Crippen molar-refractivity contribution in [1.29, 1.82) is 0 Å². The smallest absolute Gasteiger partial charge is 0.236 e. The molecule has 0 bridgehead atoms. The predicted molar refractivity (Wildman–Crippen MR) is 75.8 cm³/mol. The van der Waals surface area contributed by atoms with Gasteiger partial charge >= 0.3 is 0 Å². The van der Waals surface area contributed by atoms with Crippen molar-refractivity contribution in [2.75, 3.05) is 33.2 Å². The summed E-state index contributed by atoms with van der Waals surface area (Å²) in [5.41, 5.74) is 0. The minimum atomic E-state index is -0.253. The Balaban J connectivity index is 1.75. The summed E-state index contributed by atoms with van der Waals surface area (Å²) in [6, 6.07) is 0. The van der Waals surface area contributed by atoms with Gasteiger partial charge in [-0.25, -0.2) is 0 Å². The molecule has 0 radical (unpaired) electrons. The van der Waals surface area contributed by atoms with Crippen molar-refractivity contribution in [3.8, 4) is 0 Å². The Hall–Kier alpha value is -0.610. The Labute approximate surface area is 116 Å². The number of aliphatic hydroxyl groups is 1. The maximum absolute atomic E-state index is 12.3. The Kier molecular flexibility index (Phi) is 4.85. The number of hydrogen-bond acceptors (Lipinski definition) is 3. The molecule has 1 saturated carbocycles. The van der Waals surface area contributed by atoms with Crippen LogP contribution in [0, 0.1) is 17.8 Å². The normalized spacial score (nSPS) is 29.6. The average Bonchev–Trinajstić information content (AvgIpc) is 3.10. The maximum Gasteiger partial charge on any atom is 0.236 e. The van der Waals surface area contributed by atoms with Crippen LogP contribution >= 0.6 is 0 Å². The average molecular weight is 268 g/mol. The monoisotopic (exact) mass is 268 g/mol. The summed E-state index contributed by atoms with van der Waals surface area (Å²) in [7, 11) is 1.93. The molecule has 2 fully saturated rings. The molecule has 1 aliphatic heterocycles. The van der Waals surface area contributed by atoms with Crippen LogP contribution in [0.1, 0.15) is 33.1 Å². The molecule has 4 heteroatoms. The summed E-state index contributed by atoms with van der Waals surface area (Å²) < 4.78 is 0. The first-order chi connectivity index (χ1) is 8.95. The van der Waals surface area contributed by atoms with Crippen molar-refractivity contribution >= 4 is 5.91 Å². The van der Waals surface area contributed by atoms with Crippen LogP contribution in [0.15, 0.2) is 0 Å². The minimum absolute atomic E-state index is 0.212. The zero-order valence-corrected chi connectivity index (χ0v) is 12.5. The van der Waals surface area contributed by atoms with E-state index in [-0.39, 0.29) is 12.0 Å². The summed E-state index contributed by atoms with van der Waals surface area (Å²) in [5, 5.41) is 9.90. The maximum atomic E-state index is 12.3. The molecule has 0 spiro atoms. The number of rotatable bonds is 5. The topological polar surface area (TPSA) is 43.8 Å². The zero-order valence-electron chi connectivity index (χ0n) is 12.5. The highest BCUT2D eigenvalue weighted by atomic mass is 16.3. The van der Waals surface area contributed by atoms with E-state index < -0.39 is 0 Å². The second-order valence-electron chi connectivity index (χ2n) is 6.85. The highest BCUT2D eigenvalue weighted by Crippen LogP contribution is 2.32. The Morgan fingerprint density at radius 3 is 2.42 bits per heavy atom. The van der Waals surface area contributed by atoms with Gasteiger partial charge in [-0.05, 0) is 44.1 Å². The number of likely N-dealkylation sites (N-methyl/N-ethyl adjacent to an activating group) is 1. The number of likely N-dealkylation sites (tertiary alicyclic amines) is 1. The molecule has 3 atom stereocenters. The van der Waals surface area contributed by atoms with Crippen molar-refractivity contribution in [2.24, 2.45) is 17.8 Å². The number of aliphatic hydroxyl groups excluding tert-OH is 1. The number of hydrogen-bond donors (Lipinski definition) is 1. The van der Waals surface area contributed by atoms with Gasteiger partial charge in [0.15, 0.2) is 0 Å². The molecule has 2 aliphatic rings. The molecule has 1 saturated heterocycles. The van der Waals surface area contributed by atoms with Crippen LogP contribution in [0.4, 0.5) is 0 Å². The number of amides is 1. The fourth-order valence-electron chi connectivity index (χ4n) is 3.21. The second-order valence-corrected chi connectivity index (χ2v) is 6.85. The zero-order chi connectivity index (χ0) is 14.0. The summed E-state index contributed by atoms with van der Waals surface area (Å²) >= 11 is 0. The summed E-state index contributed by atoms with van der Waals surface area (Å²) in [4.78, 5) is 16.2. The molecule has 1 amide bonds. The van der Waals surface area contributed by atoms with Crippen LogP contribution in [0.3, 0.4) is 0 Å². The number of carbonyl (C=O) groups excluding carboxylic acids is 1. The highest BCUT2D eigenvalue weighted by molar-refractivity contribution is 5.78. The van der Waals surface area contributed by atoms with Gasteiger partial charge in [0.05, 0.1) is 12.6 Å². The third-order valence-electron chi connectivity index (χ3n) is 4.29. The first-order valence-electron chi connectivity index (χ1n) is 7.60. The van der Waals surface area contributed by atoms with Crippen LogP contribution in [-0.4, -0.2) is 60.1 Å². The Bertz CT molecular complexity index is 307. The third-order valence-corrected chi connectivity index (χ3v) is 4.29. The fraction of sp³-hybridized carbons (Fsp3) is 0.933. The van der Waals surface area contributed by atoms with E-state index in [2.05, 4.69) is 13.8 Å².